The second-order valence-electron chi connectivity index (χ2n) is 12.5. The van der Waals surface area contributed by atoms with Crippen LogP contribution in [-0.2, 0) is 5.54 Å². The molecule has 0 saturated heterocycles. The molecule has 6 rings (SSSR count). The van der Waals surface area contributed by atoms with Crippen LogP contribution in [0, 0.1) is 39.4 Å². The average molecular weight is 621 g/mol. The average Bonchev–Trinajstić information content (AvgIpc) is 3.72. The Bertz CT molecular complexity index is 2120. The Morgan fingerprint density at radius 1 is 0.957 bits per heavy atom. The van der Waals surface area contributed by atoms with Crippen molar-refractivity contribution < 1.29 is 13.2 Å². The highest BCUT2D eigenvalue weighted by Crippen LogP contribution is 2.55. The summed E-state index contributed by atoms with van der Waals surface area (Å²) in [5.41, 5.74) is 0.597. The summed E-state index contributed by atoms with van der Waals surface area (Å²) in [5.74, 6) is 0. The number of alkyl halides is 3. The number of hydrogen-bond donors (Lipinski definition) is 2. The van der Waals surface area contributed by atoms with E-state index in [0.29, 0.717) is 50.7 Å². The molecule has 10 nitrogen and oxygen atoms in total. The summed E-state index contributed by atoms with van der Waals surface area (Å²) in [6, 6.07) is 15.9. The molecule has 1 fully saturated rings. The molecule has 0 spiro atoms. The van der Waals surface area contributed by atoms with Crippen LogP contribution < -0.4 is 10.6 Å². The van der Waals surface area contributed by atoms with Gasteiger partial charge in [0.05, 0.1) is 34.6 Å². The summed E-state index contributed by atoms with van der Waals surface area (Å²) in [7, 11) is 0. The third kappa shape index (κ3) is 5.39. The van der Waals surface area contributed by atoms with Crippen LogP contribution >= 0.6 is 0 Å². The Kier molecular flexibility index (Phi) is 7.25. The van der Waals surface area contributed by atoms with Crippen molar-refractivity contribution in [1.29, 1.82) is 15.8 Å². The number of rotatable bonds is 7. The molecule has 2 aromatic carbocycles. The maximum Gasteiger partial charge on any atom is 0.413 e. The molecule has 5 aromatic rings. The van der Waals surface area contributed by atoms with Crippen molar-refractivity contribution in [3.05, 3.63) is 83.1 Å². The summed E-state index contributed by atoms with van der Waals surface area (Å²) >= 11 is 0. The van der Waals surface area contributed by atoms with Crippen LogP contribution in [0.3, 0.4) is 0 Å². The number of nitrogens with one attached hydrogen (secondary N) is 2. The van der Waals surface area contributed by atoms with Crippen molar-refractivity contribution >= 4 is 33.1 Å². The molecule has 46 heavy (non-hydrogen) atoms. The van der Waals surface area contributed by atoms with Gasteiger partial charge in [-0.25, -0.2) is 9.67 Å². The Morgan fingerprint density at radius 2 is 1.72 bits per heavy atom. The van der Waals surface area contributed by atoms with Gasteiger partial charge in [-0.15, -0.1) is 5.10 Å². The third-order valence-corrected chi connectivity index (χ3v) is 8.04. The summed E-state index contributed by atoms with van der Waals surface area (Å²) in [4.78, 5) is 8.56. The topological polar surface area (TPSA) is 152 Å². The van der Waals surface area contributed by atoms with Crippen molar-refractivity contribution in [2.24, 2.45) is 5.41 Å². The molecule has 0 unspecified atom stereocenters. The van der Waals surface area contributed by atoms with Gasteiger partial charge in [-0.3, -0.25) is 4.98 Å². The van der Waals surface area contributed by atoms with E-state index in [-0.39, 0.29) is 35.2 Å². The van der Waals surface area contributed by atoms with Crippen LogP contribution in [0.1, 0.15) is 67.7 Å². The summed E-state index contributed by atoms with van der Waals surface area (Å²) in [6.07, 6.45) is -0.430. The molecule has 1 aliphatic carbocycles. The highest BCUT2D eigenvalue weighted by atomic mass is 19.4. The zero-order valence-electron chi connectivity index (χ0n) is 25.1. The van der Waals surface area contributed by atoms with E-state index in [0.717, 1.165) is 4.68 Å². The van der Waals surface area contributed by atoms with Crippen molar-refractivity contribution in [3.63, 3.8) is 0 Å². The van der Waals surface area contributed by atoms with Gasteiger partial charge < -0.3 is 10.6 Å². The van der Waals surface area contributed by atoms with Gasteiger partial charge in [0.1, 0.15) is 29.6 Å². The molecule has 0 radical (unpaired) electrons. The van der Waals surface area contributed by atoms with E-state index in [1.165, 1.54) is 12.4 Å². The zero-order chi connectivity index (χ0) is 32.9. The predicted octanol–water partition coefficient (Wildman–Crippen LogP) is 6.70. The first kappa shape index (κ1) is 30.3. The number of hydrogen-bond acceptors (Lipinski definition) is 9. The molecule has 1 aliphatic rings. The van der Waals surface area contributed by atoms with Gasteiger partial charge in [0.25, 0.3) is 0 Å². The smallest absolute Gasteiger partial charge is 0.383 e. The third-order valence-electron chi connectivity index (χ3n) is 8.04. The Balaban J connectivity index is 1.53. The molecule has 0 aliphatic heterocycles. The van der Waals surface area contributed by atoms with Crippen LogP contribution in [-0.4, -0.2) is 37.7 Å². The van der Waals surface area contributed by atoms with Crippen LogP contribution in [0.25, 0.3) is 21.7 Å². The molecule has 0 bridgehead atoms. The fraction of sp³-hybridized carbons (Fsp3) is 0.303. The molecule has 13 heteroatoms. The van der Waals surface area contributed by atoms with E-state index in [1.807, 2.05) is 32.9 Å². The lowest BCUT2D eigenvalue weighted by atomic mass is 9.95. The first-order valence-electron chi connectivity index (χ1n) is 14.4. The molecule has 2 N–H and O–H groups in total. The molecular formula is C33H27F3N10. The fourth-order valence-electron chi connectivity index (χ4n) is 5.46. The molecule has 1 atom stereocenters. The van der Waals surface area contributed by atoms with Gasteiger partial charge in [-0.05, 0) is 47.4 Å². The number of aromatic nitrogens is 5. The summed E-state index contributed by atoms with van der Waals surface area (Å²) in [5, 5.41) is 46.3. The van der Waals surface area contributed by atoms with Gasteiger partial charge in [0.15, 0.2) is 5.54 Å². The molecule has 0 amide bonds. The maximum absolute atomic E-state index is 14.0. The standard InChI is InChI=1S/C33H27F3N10/c1-31(2,3)18-42-29-21(13-38)16-41-28-20(12-37)9-22(10-26(28)29)43-30(24-6-4-5-19-15-40-23(14-39)11-25(19)24)27-17-46(45-44-27)32(7-8-32)33(34,35)36/h4-6,9-11,15-17,30,43H,7-8,18H2,1-3H3,(H,41,42)/t30-/m0/s1. The number of anilines is 2. The number of nitriles is 3. The van der Waals surface area contributed by atoms with Gasteiger partial charge in [-0.2, -0.15) is 29.0 Å². The van der Waals surface area contributed by atoms with Gasteiger partial charge >= 0.3 is 6.18 Å². The van der Waals surface area contributed by atoms with Crippen molar-refractivity contribution in [1.82, 2.24) is 25.0 Å². The lowest BCUT2D eigenvalue weighted by Crippen LogP contribution is -2.35. The van der Waals surface area contributed by atoms with Crippen molar-refractivity contribution in [2.45, 2.75) is 51.4 Å². The first-order chi connectivity index (χ1) is 21.9. The van der Waals surface area contributed by atoms with Gasteiger partial charge in [-0.1, -0.05) is 44.2 Å². The fourth-order valence-corrected chi connectivity index (χ4v) is 5.46. The van der Waals surface area contributed by atoms with Crippen LogP contribution in [0.5, 0.6) is 0 Å². The first-order valence-corrected chi connectivity index (χ1v) is 14.4. The quantitative estimate of drug-likeness (QED) is 0.202. The lowest BCUT2D eigenvalue weighted by Gasteiger charge is -2.23. The van der Waals surface area contributed by atoms with E-state index < -0.39 is 17.8 Å². The molecular weight excluding hydrogens is 593 g/mol. The second kappa shape index (κ2) is 11.0. The van der Waals surface area contributed by atoms with Crippen LogP contribution in [0.4, 0.5) is 24.5 Å². The lowest BCUT2D eigenvalue weighted by molar-refractivity contribution is -0.182. The van der Waals surface area contributed by atoms with E-state index in [4.69, 9.17) is 0 Å². The monoisotopic (exact) mass is 620 g/mol. The molecule has 3 heterocycles. The van der Waals surface area contributed by atoms with E-state index in [9.17, 15) is 29.0 Å². The zero-order valence-corrected chi connectivity index (χ0v) is 25.1. The van der Waals surface area contributed by atoms with Crippen molar-refractivity contribution in [3.8, 4) is 18.2 Å². The van der Waals surface area contributed by atoms with E-state index in [2.05, 4.69) is 43.1 Å². The largest absolute Gasteiger partial charge is 0.413 e. The summed E-state index contributed by atoms with van der Waals surface area (Å²) in [6.45, 7) is 6.66. The van der Waals surface area contributed by atoms with Crippen LogP contribution in [0.2, 0.25) is 0 Å². The molecule has 1 saturated carbocycles. The number of fused-ring (bicyclic) bond motifs is 2. The second-order valence-corrected chi connectivity index (χ2v) is 12.5. The number of benzene rings is 2. The normalized spacial score (nSPS) is 14.7. The van der Waals surface area contributed by atoms with Gasteiger partial charge in [0.2, 0.25) is 0 Å². The maximum atomic E-state index is 14.0. The Labute approximate surface area is 262 Å². The Morgan fingerprint density at radius 3 is 2.37 bits per heavy atom. The van der Waals surface area contributed by atoms with Crippen LogP contribution in [0.15, 0.2) is 55.0 Å². The number of halogens is 3. The number of nitrogens with zero attached hydrogens (tertiary/aromatic N) is 8. The minimum Gasteiger partial charge on any atom is -0.383 e. The Hall–Kier alpha value is -5.74. The van der Waals surface area contributed by atoms with Gasteiger partial charge in [0, 0.05) is 35.4 Å². The predicted molar refractivity (Wildman–Crippen MR) is 164 cm³/mol. The van der Waals surface area contributed by atoms with E-state index >= 15 is 0 Å². The minimum absolute atomic E-state index is 0.0996. The van der Waals surface area contributed by atoms with Crippen molar-refractivity contribution in [2.75, 3.05) is 17.2 Å². The SMILES string of the molecule is CC(C)(C)CNc1c(C#N)cnc2c(C#N)cc(N[C@H](c3cn(C4(C(F)(F)F)CC4)nn3)c3cccc4cnc(C#N)cc34)cc12. The molecule has 230 valence electrons. The number of pyridine rings is 2. The van der Waals surface area contributed by atoms with E-state index in [1.54, 1.807) is 36.5 Å². The summed E-state index contributed by atoms with van der Waals surface area (Å²) < 4.78 is 42.9. The minimum atomic E-state index is -4.50. The molecule has 3 aromatic heterocycles. The highest BCUT2D eigenvalue weighted by Gasteiger charge is 2.66. The highest BCUT2D eigenvalue weighted by molar-refractivity contribution is 5.99.